The number of nitrogens with one attached hydrogen (secondary N) is 1. The molecule has 0 radical (unpaired) electrons. The van der Waals surface area contributed by atoms with Gasteiger partial charge in [-0.1, -0.05) is 13.0 Å². The highest BCUT2D eigenvalue weighted by Crippen LogP contribution is 2.21. The Labute approximate surface area is 116 Å². The van der Waals surface area contributed by atoms with Gasteiger partial charge in [0.15, 0.2) is 0 Å². The SMILES string of the molecule is CCCNCc1cccc(N2CCOC(C)(C)C2)n1. The summed E-state index contributed by atoms with van der Waals surface area (Å²) in [6, 6.07) is 6.26. The van der Waals surface area contributed by atoms with E-state index in [1.54, 1.807) is 0 Å². The van der Waals surface area contributed by atoms with Crippen LogP contribution in [0.25, 0.3) is 0 Å². The van der Waals surface area contributed by atoms with Crippen LogP contribution in [-0.2, 0) is 11.3 Å². The van der Waals surface area contributed by atoms with Gasteiger partial charge >= 0.3 is 0 Å². The summed E-state index contributed by atoms with van der Waals surface area (Å²) in [5.41, 5.74) is 1.02. The Morgan fingerprint density at radius 3 is 3.00 bits per heavy atom. The Morgan fingerprint density at radius 1 is 1.42 bits per heavy atom. The van der Waals surface area contributed by atoms with Crippen LogP contribution in [0.15, 0.2) is 18.2 Å². The largest absolute Gasteiger partial charge is 0.372 e. The molecule has 4 nitrogen and oxygen atoms in total. The molecule has 2 heterocycles. The van der Waals surface area contributed by atoms with Crippen LogP contribution in [0.5, 0.6) is 0 Å². The minimum atomic E-state index is -0.0869. The maximum atomic E-state index is 5.74. The molecule has 1 aliphatic heterocycles. The van der Waals surface area contributed by atoms with Crippen molar-refractivity contribution >= 4 is 5.82 Å². The Kier molecular flexibility index (Phi) is 4.77. The van der Waals surface area contributed by atoms with Crippen LogP contribution in [0.1, 0.15) is 32.9 Å². The van der Waals surface area contributed by atoms with Crippen LogP contribution in [0.2, 0.25) is 0 Å². The zero-order valence-corrected chi connectivity index (χ0v) is 12.3. The quantitative estimate of drug-likeness (QED) is 0.826. The first kappa shape index (κ1) is 14.3. The number of pyridine rings is 1. The van der Waals surface area contributed by atoms with Crippen molar-refractivity contribution in [1.29, 1.82) is 0 Å². The molecule has 4 heteroatoms. The van der Waals surface area contributed by atoms with E-state index in [-0.39, 0.29) is 5.60 Å². The molecule has 0 atom stereocenters. The zero-order valence-electron chi connectivity index (χ0n) is 12.3. The minimum Gasteiger partial charge on any atom is -0.372 e. The molecule has 0 unspecified atom stereocenters. The van der Waals surface area contributed by atoms with Crippen molar-refractivity contribution in [3.05, 3.63) is 23.9 Å². The van der Waals surface area contributed by atoms with E-state index in [0.29, 0.717) is 0 Å². The van der Waals surface area contributed by atoms with Crippen LogP contribution < -0.4 is 10.2 Å². The van der Waals surface area contributed by atoms with Crippen molar-refractivity contribution in [1.82, 2.24) is 10.3 Å². The lowest BCUT2D eigenvalue weighted by atomic mass is 10.1. The van der Waals surface area contributed by atoms with Gasteiger partial charge in [0.1, 0.15) is 5.82 Å². The first-order valence-corrected chi connectivity index (χ1v) is 7.16. The second-order valence-electron chi connectivity index (χ2n) is 5.69. The highest BCUT2D eigenvalue weighted by molar-refractivity contribution is 5.40. The van der Waals surface area contributed by atoms with Crippen molar-refractivity contribution < 1.29 is 4.74 Å². The molecule has 0 bridgehead atoms. The Balaban J connectivity index is 2.01. The second-order valence-corrected chi connectivity index (χ2v) is 5.69. The molecular formula is C15H25N3O. The van der Waals surface area contributed by atoms with Crippen molar-refractivity contribution in [2.24, 2.45) is 0 Å². The number of ether oxygens (including phenoxy) is 1. The number of hydrogen-bond donors (Lipinski definition) is 1. The van der Waals surface area contributed by atoms with Crippen LogP contribution in [0.3, 0.4) is 0 Å². The highest BCUT2D eigenvalue weighted by atomic mass is 16.5. The molecule has 0 amide bonds. The van der Waals surface area contributed by atoms with Gasteiger partial charge in [-0.3, -0.25) is 0 Å². The topological polar surface area (TPSA) is 37.4 Å². The molecule has 0 spiro atoms. The minimum absolute atomic E-state index is 0.0869. The highest BCUT2D eigenvalue weighted by Gasteiger charge is 2.27. The summed E-state index contributed by atoms with van der Waals surface area (Å²) in [5.74, 6) is 1.06. The molecule has 0 aromatic carbocycles. The first-order valence-electron chi connectivity index (χ1n) is 7.16. The first-order chi connectivity index (χ1) is 9.11. The van der Waals surface area contributed by atoms with Crippen molar-refractivity contribution in [3.63, 3.8) is 0 Å². The number of nitrogens with zero attached hydrogens (tertiary/aromatic N) is 2. The Bertz CT molecular complexity index is 406. The fourth-order valence-corrected chi connectivity index (χ4v) is 2.35. The van der Waals surface area contributed by atoms with Gasteiger partial charge in [0.05, 0.1) is 17.9 Å². The fraction of sp³-hybridized carbons (Fsp3) is 0.667. The second kappa shape index (κ2) is 6.35. The number of aromatic nitrogens is 1. The van der Waals surface area contributed by atoms with Crippen molar-refractivity contribution in [2.75, 3.05) is 31.1 Å². The molecular weight excluding hydrogens is 238 g/mol. The van der Waals surface area contributed by atoms with Gasteiger partial charge < -0.3 is 15.0 Å². The van der Waals surface area contributed by atoms with Gasteiger partial charge in [-0.05, 0) is 38.9 Å². The van der Waals surface area contributed by atoms with Crippen LogP contribution >= 0.6 is 0 Å². The van der Waals surface area contributed by atoms with Crippen LogP contribution in [0, 0.1) is 0 Å². The smallest absolute Gasteiger partial charge is 0.129 e. The summed E-state index contributed by atoms with van der Waals surface area (Å²) in [7, 11) is 0. The summed E-state index contributed by atoms with van der Waals surface area (Å²) >= 11 is 0. The van der Waals surface area contributed by atoms with Gasteiger partial charge in [0.25, 0.3) is 0 Å². The van der Waals surface area contributed by atoms with Crippen molar-refractivity contribution in [2.45, 2.75) is 39.3 Å². The van der Waals surface area contributed by atoms with E-state index in [4.69, 9.17) is 9.72 Å². The van der Waals surface area contributed by atoms with Crippen LogP contribution in [-0.4, -0.2) is 36.8 Å². The molecule has 1 aromatic heterocycles. The van der Waals surface area contributed by atoms with E-state index in [2.05, 4.69) is 49.2 Å². The van der Waals surface area contributed by atoms with E-state index in [1.807, 2.05) is 0 Å². The lowest BCUT2D eigenvalue weighted by Crippen LogP contribution is -2.48. The predicted octanol–water partition coefficient (Wildman–Crippen LogP) is 2.20. The summed E-state index contributed by atoms with van der Waals surface area (Å²) in [6.07, 6.45) is 1.15. The van der Waals surface area contributed by atoms with E-state index >= 15 is 0 Å². The molecule has 19 heavy (non-hydrogen) atoms. The fourth-order valence-electron chi connectivity index (χ4n) is 2.35. The maximum Gasteiger partial charge on any atom is 0.129 e. The van der Waals surface area contributed by atoms with E-state index in [9.17, 15) is 0 Å². The summed E-state index contributed by atoms with van der Waals surface area (Å²) in [4.78, 5) is 7.05. The van der Waals surface area contributed by atoms with Gasteiger partial charge in [-0.25, -0.2) is 4.98 Å². The van der Waals surface area contributed by atoms with E-state index < -0.39 is 0 Å². The van der Waals surface area contributed by atoms with E-state index in [0.717, 1.165) is 50.7 Å². The van der Waals surface area contributed by atoms with Gasteiger partial charge in [-0.2, -0.15) is 0 Å². The van der Waals surface area contributed by atoms with Crippen molar-refractivity contribution in [3.8, 4) is 0 Å². The molecule has 1 aliphatic rings. The number of rotatable bonds is 5. The molecule has 1 fully saturated rings. The third kappa shape index (κ3) is 4.18. The lowest BCUT2D eigenvalue weighted by Gasteiger charge is -2.38. The van der Waals surface area contributed by atoms with E-state index in [1.165, 1.54) is 0 Å². The Hall–Kier alpha value is -1.13. The molecule has 1 N–H and O–H groups in total. The normalized spacial score (nSPS) is 18.6. The summed E-state index contributed by atoms with van der Waals surface area (Å²) < 4.78 is 5.74. The average Bonchev–Trinajstić information content (AvgIpc) is 2.38. The van der Waals surface area contributed by atoms with Crippen LogP contribution in [0.4, 0.5) is 5.82 Å². The summed E-state index contributed by atoms with van der Waals surface area (Å²) in [5, 5.41) is 3.39. The number of morpholine rings is 1. The predicted molar refractivity (Wildman–Crippen MR) is 78.5 cm³/mol. The lowest BCUT2D eigenvalue weighted by molar-refractivity contribution is -0.0279. The molecule has 106 valence electrons. The summed E-state index contributed by atoms with van der Waals surface area (Å²) in [6.45, 7) is 10.9. The molecule has 2 rings (SSSR count). The van der Waals surface area contributed by atoms with Gasteiger partial charge in [0.2, 0.25) is 0 Å². The Morgan fingerprint density at radius 2 is 2.26 bits per heavy atom. The number of anilines is 1. The molecule has 0 aliphatic carbocycles. The maximum absolute atomic E-state index is 5.74. The van der Waals surface area contributed by atoms with Gasteiger partial charge in [0, 0.05) is 19.6 Å². The third-order valence-corrected chi connectivity index (χ3v) is 3.27. The standard InChI is InChI=1S/C15H25N3O/c1-4-8-16-11-13-6-5-7-14(17-13)18-9-10-19-15(2,3)12-18/h5-7,16H,4,8-12H2,1-3H3. The molecule has 1 saturated heterocycles. The number of hydrogen-bond acceptors (Lipinski definition) is 4. The average molecular weight is 263 g/mol. The van der Waals surface area contributed by atoms with Gasteiger partial charge in [-0.15, -0.1) is 0 Å². The third-order valence-electron chi connectivity index (χ3n) is 3.27. The zero-order chi connectivity index (χ0) is 13.7. The molecule has 1 aromatic rings. The molecule has 0 saturated carbocycles. The monoisotopic (exact) mass is 263 g/mol.